The van der Waals surface area contributed by atoms with Crippen molar-refractivity contribution in [1.29, 1.82) is 0 Å². The highest BCUT2D eigenvalue weighted by molar-refractivity contribution is 5.00. The van der Waals surface area contributed by atoms with Crippen LogP contribution in [0.5, 0.6) is 0 Å². The summed E-state index contributed by atoms with van der Waals surface area (Å²) in [5.41, 5.74) is 0.400. The zero-order valence-corrected chi connectivity index (χ0v) is 9.21. The topological polar surface area (TPSA) is 33.7 Å². The molecule has 0 saturated carbocycles. The molecule has 3 rings (SSSR count). The van der Waals surface area contributed by atoms with E-state index in [0.29, 0.717) is 5.41 Å². The van der Waals surface area contributed by atoms with E-state index >= 15 is 0 Å². The highest BCUT2D eigenvalue weighted by Crippen LogP contribution is 2.38. The predicted molar refractivity (Wildman–Crippen MR) is 56.9 cm³/mol. The molecule has 0 aromatic carbocycles. The summed E-state index contributed by atoms with van der Waals surface area (Å²) >= 11 is 0. The van der Waals surface area contributed by atoms with Crippen LogP contribution in [0.25, 0.3) is 0 Å². The van der Waals surface area contributed by atoms with Crippen LogP contribution in [0.4, 0.5) is 0 Å². The van der Waals surface area contributed by atoms with Gasteiger partial charge in [-0.05, 0) is 0 Å². The number of rotatable bonds is 2. The van der Waals surface area contributed by atoms with Crippen LogP contribution < -0.4 is 5.32 Å². The molecule has 0 aliphatic carbocycles. The molecule has 4 nitrogen and oxygen atoms in total. The van der Waals surface area contributed by atoms with E-state index in [1.807, 2.05) is 0 Å². The molecule has 0 spiro atoms. The predicted octanol–water partition coefficient (Wildman–Crippen LogP) is -0.445. The van der Waals surface area contributed by atoms with Crippen molar-refractivity contribution in [3.05, 3.63) is 0 Å². The van der Waals surface area contributed by atoms with Gasteiger partial charge in [0.1, 0.15) is 0 Å². The molecule has 0 unspecified atom stereocenters. The van der Waals surface area contributed by atoms with Gasteiger partial charge in [-0.1, -0.05) is 0 Å². The first-order valence-electron chi connectivity index (χ1n) is 5.98. The number of hydrogen-bond donors (Lipinski definition) is 1. The van der Waals surface area contributed by atoms with Gasteiger partial charge in [-0.15, -0.1) is 0 Å². The van der Waals surface area contributed by atoms with E-state index in [1.165, 1.54) is 6.54 Å². The van der Waals surface area contributed by atoms with Crippen LogP contribution in [-0.2, 0) is 9.47 Å². The molecule has 86 valence electrons. The Balaban J connectivity index is 1.64. The molecule has 3 aliphatic heterocycles. The molecular formula is C11H20N2O2. The highest BCUT2D eigenvalue weighted by Gasteiger charge is 2.48. The van der Waals surface area contributed by atoms with Crippen molar-refractivity contribution in [1.82, 2.24) is 10.2 Å². The fourth-order valence-electron chi connectivity index (χ4n) is 3.10. The van der Waals surface area contributed by atoms with Gasteiger partial charge in [0.05, 0.1) is 26.4 Å². The maximum Gasteiger partial charge on any atom is 0.0594 e. The van der Waals surface area contributed by atoms with E-state index in [1.54, 1.807) is 0 Å². The van der Waals surface area contributed by atoms with Gasteiger partial charge in [0.15, 0.2) is 0 Å². The van der Waals surface area contributed by atoms with Gasteiger partial charge < -0.3 is 14.8 Å². The molecule has 4 heteroatoms. The molecule has 2 atom stereocenters. The molecule has 3 aliphatic rings. The third-order valence-corrected chi connectivity index (χ3v) is 4.08. The van der Waals surface area contributed by atoms with Crippen molar-refractivity contribution in [3.8, 4) is 0 Å². The monoisotopic (exact) mass is 212 g/mol. The van der Waals surface area contributed by atoms with Crippen molar-refractivity contribution in [2.45, 2.75) is 0 Å². The summed E-state index contributed by atoms with van der Waals surface area (Å²) in [6, 6.07) is 0. The number of nitrogens with zero attached hydrogens (tertiary/aromatic N) is 1. The van der Waals surface area contributed by atoms with E-state index in [4.69, 9.17) is 9.47 Å². The van der Waals surface area contributed by atoms with Gasteiger partial charge in [-0.2, -0.15) is 0 Å². The maximum atomic E-state index is 5.66. The van der Waals surface area contributed by atoms with Crippen molar-refractivity contribution < 1.29 is 9.47 Å². The highest BCUT2D eigenvalue weighted by atomic mass is 16.5. The lowest BCUT2D eigenvalue weighted by molar-refractivity contribution is 0.0129. The summed E-state index contributed by atoms with van der Waals surface area (Å²) in [5.74, 6) is 0.736. The zero-order chi connectivity index (χ0) is 10.1. The standard InChI is InChI=1S/C11H20N2O2/c1-3-14-4-2-13(1)8-11-7-12-5-10(11)6-15-9-11/h10,12H,1-9H2/t10-,11-/m0/s1. The summed E-state index contributed by atoms with van der Waals surface area (Å²) in [6.45, 7) is 9.35. The van der Waals surface area contributed by atoms with Crippen LogP contribution in [0, 0.1) is 11.3 Å². The Hall–Kier alpha value is -0.160. The molecular weight excluding hydrogens is 192 g/mol. The van der Waals surface area contributed by atoms with Crippen LogP contribution in [-0.4, -0.2) is 64.1 Å². The second-order valence-corrected chi connectivity index (χ2v) is 5.09. The number of nitrogens with one attached hydrogen (secondary N) is 1. The van der Waals surface area contributed by atoms with Gasteiger partial charge in [-0.3, -0.25) is 4.90 Å². The lowest BCUT2D eigenvalue weighted by atomic mass is 9.80. The van der Waals surface area contributed by atoms with Gasteiger partial charge in [-0.25, -0.2) is 0 Å². The van der Waals surface area contributed by atoms with Crippen molar-refractivity contribution in [3.63, 3.8) is 0 Å². The Morgan fingerprint density at radius 2 is 2.13 bits per heavy atom. The van der Waals surface area contributed by atoms with E-state index in [0.717, 1.165) is 58.5 Å². The molecule has 3 heterocycles. The molecule has 15 heavy (non-hydrogen) atoms. The molecule has 0 bridgehead atoms. The first-order chi connectivity index (χ1) is 7.39. The summed E-state index contributed by atoms with van der Waals surface area (Å²) in [7, 11) is 0. The molecule has 0 aromatic rings. The smallest absolute Gasteiger partial charge is 0.0594 e. The van der Waals surface area contributed by atoms with Gasteiger partial charge >= 0.3 is 0 Å². The number of ether oxygens (including phenoxy) is 2. The maximum absolute atomic E-state index is 5.66. The first kappa shape index (κ1) is 10.0. The molecule has 0 radical (unpaired) electrons. The molecule has 1 N–H and O–H groups in total. The van der Waals surface area contributed by atoms with E-state index in [2.05, 4.69) is 10.2 Å². The Bertz CT molecular complexity index is 219. The zero-order valence-electron chi connectivity index (χ0n) is 9.21. The third kappa shape index (κ3) is 1.80. The van der Waals surface area contributed by atoms with Crippen LogP contribution in [0.15, 0.2) is 0 Å². The van der Waals surface area contributed by atoms with Gasteiger partial charge in [0.2, 0.25) is 0 Å². The largest absolute Gasteiger partial charge is 0.380 e. The fraction of sp³-hybridized carbons (Fsp3) is 1.00. The van der Waals surface area contributed by atoms with Crippen LogP contribution in [0.2, 0.25) is 0 Å². The fourth-order valence-corrected chi connectivity index (χ4v) is 3.10. The summed E-state index contributed by atoms with van der Waals surface area (Å²) < 4.78 is 11.0. The van der Waals surface area contributed by atoms with Crippen molar-refractivity contribution in [2.75, 3.05) is 59.2 Å². The van der Waals surface area contributed by atoms with E-state index < -0.39 is 0 Å². The number of fused-ring (bicyclic) bond motifs is 1. The minimum Gasteiger partial charge on any atom is -0.380 e. The second-order valence-electron chi connectivity index (χ2n) is 5.09. The molecule has 0 aromatic heterocycles. The summed E-state index contributed by atoms with van der Waals surface area (Å²) in [6.07, 6.45) is 0. The second kappa shape index (κ2) is 4.01. The van der Waals surface area contributed by atoms with Crippen LogP contribution in [0.1, 0.15) is 0 Å². The van der Waals surface area contributed by atoms with Crippen LogP contribution >= 0.6 is 0 Å². The molecule has 0 amide bonds. The van der Waals surface area contributed by atoms with Crippen LogP contribution in [0.3, 0.4) is 0 Å². The quantitative estimate of drug-likeness (QED) is 0.672. The van der Waals surface area contributed by atoms with Crippen molar-refractivity contribution in [2.24, 2.45) is 11.3 Å². The average Bonchev–Trinajstić information content (AvgIpc) is 2.78. The Morgan fingerprint density at radius 3 is 3.00 bits per heavy atom. The normalized spacial score (nSPS) is 42.0. The molecule has 3 saturated heterocycles. The summed E-state index contributed by atoms with van der Waals surface area (Å²) in [4.78, 5) is 2.54. The average molecular weight is 212 g/mol. The summed E-state index contributed by atoms with van der Waals surface area (Å²) in [5, 5.41) is 3.52. The van der Waals surface area contributed by atoms with Crippen molar-refractivity contribution >= 4 is 0 Å². The van der Waals surface area contributed by atoms with Gasteiger partial charge in [0, 0.05) is 44.1 Å². The third-order valence-electron chi connectivity index (χ3n) is 4.08. The SMILES string of the molecule is C1CN(C[C@]23CNC[C@H]2COC3)CCO1. The van der Waals surface area contributed by atoms with E-state index in [9.17, 15) is 0 Å². The molecule has 3 fully saturated rings. The lowest BCUT2D eigenvalue weighted by Gasteiger charge is -2.35. The minimum atomic E-state index is 0.400. The number of hydrogen-bond acceptors (Lipinski definition) is 4. The number of morpholine rings is 1. The van der Waals surface area contributed by atoms with Gasteiger partial charge in [0.25, 0.3) is 0 Å². The Kier molecular flexibility index (Phi) is 2.68. The minimum absolute atomic E-state index is 0.400. The lowest BCUT2D eigenvalue weighted by Crippen LogP contribution is -2.47. The Morgan fingerprint density at radius 1 is 1.27 bits per heavy atom. The Labute approximate surface area is 90.9 Å². The first-order valence-corrected chi connectivity index (χ1v) is 5.98. The van der Waals surface area contributed by atoms with E-state index in [-0.39, 0.29) is 0 Å².